The molecular formula is C13H9IN2O. The van der Waals surface area contributed by atoms with E-state index in [1.807, 2.05) is 24.3 Å². The van der Waals surface area contributed by atoms with E-state index in [-0.39, 0.29) is 0 Å². The van der Waals surface area contributed by atoms with Crippen molar-refractivity contribution in [1.29, 1.82) is 5.26 Å². The van der Waals surface area contributed by atoms with Gasteiger partial charge in [0.15, 0.2) is 0 Å². The first-order chi connectivity index (χ1) is 8.31. The molecule has 1 heterocycles. The van der Waals surface area contributed by atoms with E-state index in [2.05, 4.69) is 33.6 Å². The maximum absolute atomic E-state index is 8.78. The van der Waals surface area contributed by atoms with Crippen molar-refractivity contribution >= 4 is 22.6 Å². The molecule has 0 fully saturated rings. The molecule has 1 aromatic heterocycles. The quantitative estimate of drug-likeness (QED) is 0.634. The molecule has 3 nitrogen and oxygen atoms in total. The van der Waals surface area contributed by atoms with Crippen LogP contribution in [0.5, 0.6) is 11.6 Å². The first kappa shape index (κ1) is 11.9. The van der Waals surface area contributed by atoms with Crippen LogP contribution in [0.25, 0.3) is 0 Å². The van der Waals surface area contributed by atoms with Crippen LogP contribution in [0.2, 0.25) is 0 Å². The highest BCUT2D eigenvalue weighted by Crippen LogP contribution is 2.21. The van der Waals surface area contributed by atoms with Gasteiger partial charge in [0.25, 0.3) is 0 Å². The molecule has 0 saturated carbocycles. The number of ether oxygens (including phenoxy) is 1. The van der Waals surface area contributed by atoms with Crippen molar-refractivity contribution < 1.29 is 4.74 Å². The SMILES string of the molecule is N#Cc1ccnc(Oc2cccc(CI)c2)c1. The molecule has 0 amide bonds. The maximum atomic E-state index is 8.78. The standard InChI is InChI=1S/C13H9IN2O/c14-8-10-2-1-3-12(6-10)17-13-7-11(9-15)4-5-16-13/h1-7H,8H2. The molecule has 0 bridgehead atoms. The van der Waals surface area contributed by atoms with Gasteiger partial charge < -0.3 is 4.74 Å². The number of pyridine rings is 1. The number of benzene rings is 1. The summed E-state index contributed by atoms with van der Waals surface area (Å²) in [5, 5.41) is 8.78. The second-order valence-corrected chi connectivity index (χ2v) is 4.14. The molecule has 0 saturated heterocycles. The van der Waals surface area contributed by atoms with E-state index in [4.69, 9.17) is 10.00 Å². The third-order valence-electron chi connectivity index (χ3n) is 2.14. The number of nitriles is 1. The van der Waals surface area contributed by atoms with Crippen molar-refractivity contribution in [3.05, 3.63) is 53.7 Å². The zero-order valence-electron chi connectivity index (χ0n) is 8.93. The Labute approximate surface area is 113 Å². The van der Waals surface area contributed by atoms with E-state index in [1.54, 1.807) is 18.3 Å². The average Bonchev–Trinajstić information content (AvgIpc) is 2.39. The number of alkyl halides is 1. The lowest BCUT2D eigenvalue weighted by Crippen LogP contribution is -1.89. The zero-order chi connectivity index (χ0) is 12.1. The lowest BCUT2D eigenvalue weighted by molar-refractivity contribution is 0.462. The molecule has 0 N–H and O–H groups in total. The minimum absolute atomic E-state index is 0.439. The van der Waals surface area contributed by atoms with Crippen molar-refractivity contribution in [3.8, 4) is 17.7 Å². The summed E-state index contributed by atoms with van der Waals surface area (Å²) in [5.74, 6) is 1.18. The fraction of sp³-hybridized carbons (Fsp3) is 0.0769. The summed E-state index contributed by atoms with van der Waals surface area (Å²) in [7, 11) is 0. The fourth-order valence-electron chi connectivity index (χ4n) is 1.35. The monoisotopic (exact) mass is 336 g/mol. The average molecular weight is 336 g/mol. The van der Waals surface area contributed by atoms with E-state index in [9.17, 15) is 0 Å². The predicted molar refractivity (Wildman–Crippen MR) is 73.2 cm³/mol. The van der Waals surface area contributed by atoms with Gasteiger partial charge in [-0.3, -0.25) is 0 Å². The van der Waals surface area contributed by atoms with Gasteiger partial charge >= 0.3 is 0 Å². The molecule has 84 valence electrons. The Balaban J connectivity index is 2.22. The number of aromatic nitrogens is 1. The van der Waals surface area contributed by atoms with Crippen LogP contribution in [0.3, 0.4) is 0 Å². The van der Waals surface area contributed by atoms with E-state index < -0.39 is 0 Å². The van der Waals surface area contributed by atoms with Crippen molar-refractivity contribution in [1.82, 2.24) is 4.98 Å². The van der Waals surface area contributed by atoms with Crippen LogP contribution in [0.15, 0.2) is 42.6 Å². The number of hydrogen-bond donors (Lipinski definition) is 0. The van der Waals surface area contributed by atoms with Gasteiger partial charge in [0, 0.05) is 16.7 Å². The van der Waals surface area contributed by atoms with Crippen molar-refractivity contribution in [3.63, 3.8) is 0 Å². The smallest absolute Gasteiger partial charge is 0.220 e. The maximum Gasteiger partial charge on any atom is 0.220 e. The third kappa shape index (κ3) is 3.17. The summed E-state index contributed by atoms with van der Waals surface area (Å²) in [6.07, 6.45) is 1.57. The molecule has 4 heteroatoms. The van der Waals surface area contributed by atoms with Crippen LogP contribution >= 0.6 is 22.6 Å². The second kappa shape index (κ2) is 5.64. The van der Waals surface area contributed by atoms with Gasteiger partial charge in [-0.25, -0.2) is 4.98 Å². The summed E-state index contributed by atoms with van der Waals surface area (Å²) >= 11 is 2.30. The minimum atomic E-state index is 0.439. The Bertz CT molecular complexity index is 563. The van der Waals surface area contributed by atoms with E-state index in [0.717, 1.165) is 10.2 Å². The van der Waals surface area contributed by atoms with E-state index in [1.165, 1.54) is 5.56 Å². The molecule has 0 aliphatic rings. The number of halogens is 1. The molecule has 17 heavy (non-hydrogen) atoms. The zero-order valence-corrected chi connectivity index (χ0v) is 11.1. The second-order valence-electron chi connectivity index (χ2n) is 3.38. The van der Waals surface area contributed by atoms with Crippen LogP contribution in [-0.4, -0.2) is 4.98 Å². The van der Waals surface area contributed by atoms with Crippen LogP contribution in [0, 0.1) is 11.3 Å². The predicted octanol–water partition coefficient (Wildman–Crippen LogP) is 3.68. The molecule has 0 aliphatic heterocycles. The Kier molecular flexibility index (Phi) is 3.94. The summed E-state index contributed by atoms with van der Waals surface area (Å²) in [5.41, 5.74) is 1.74. The summed E-state index contributed by atoms with van der Waals surface area (Å²) < 4.78 is 6.53. The number of nitrogens with zero attached hydrogens (tertiary/aromatic N) is 2. The van der Waals surface area contributed by atoms with Gasteiger partial charge in [-0.2, -0.15) is 5.26 Å². The molecule has 0 spiro atoms. The highest BCUT2D eigenvalue weighted by Gasteiger charge is 2.01. The van der Waals surface area contributed by atoms with Crippen LogP contribution in [-0.2, 0) is 4.43 Å². The Morgan fingerprint density at radius 3 is 2.94 bits per heavy atom. The normalized spacial score (nSPS) is 9.65. The summed E-state index contributed by atoms with van der Waals surface area (Å²) in [6.45, 7) is 0. The minimum Gasteiger partial charge on any atom is -0.439 e. The molecule has 0 unspecified atom stereocenters. The Morgan fingerprint density at radius 2 is 2.18 bits per heavy atom. The van der Waals surface area contributed by atoms with Gasteiger partial charge in [-0.15, -0.1) is 0 Å². The van der Waals surface area contributed by atoms with Crippen molar-refractivity contribution in [2.45, 2.75) is 4.43 Å². The third-order valence-corrected chi connectivity index (χ3v) is 3.02. The van der Waals surface area contributed by atoms with Crippen LogP contribution < -0.4 is 4.74 Å². The summed E-state index contributed by atoms with van der Waals surface area (Å²) in [6, 6.07) is 13.1. The van der Waals surface area contributed by atoms with Crippen molar-refractivity contribution in [2.24, 2.45) is 0 Å². The highest BCUT2D eigenvalue weighted by molar-refractivity contribution is 14.1. The Morgan fingerprint density at radius 1 is 1.29 bits per heavy atom. The van der Waals surface area contributed by atoms with Gasteiger partial charge in [0.2, 0.25) is 5.88 Å². The fourth-order valence-corrected chi connectivity index (χ4v) is 1.82. The van der Waals surface area contributed by atoms with Crippen molar-refractivity contribution in [2.75, 3.05) is 0 Å². The largest absolute Gasteiger partial charge is 0.439 e. The van der Waals surface area contributed by atoms with E-state index in [0.29, 0.717) is 11.4 Å². The van der Waals surface area contributed by atoms with Gasteiger partial charge in [0.1, 0.15) is 5.75 Å². The van der Waals surface area contributed by atoms with Gasteiger partial charge in [-0.1, -0.05) is 34.7 Å². The highest BCUT2D eigenvalue weighted by atomic mass is 127. The van der Waals surface area contributed by atoms with Crippen LogP contribution in [0.4, 0.5) is 0 Å². The molecule has 2 rings (SSSR count). The van der Waals surface area contributed by atoms with Crippen LogP contribution in [0.1, 0.15) is 11.1 Å². The first-order valence-corrected chi connectivity index (χ1v) is 6.53. The number of rotatable bonds is 3. The topological polar surface area (TPSA) is 45.9 Å². The molecule has 0 radical (unpaired) electrons. The summed E-state index contributed by atoms with van der Waals surface area (Å²) in [4.78, 5) is 4.06. The molecule has 2 aromatic rings. The Hall–Kier alpha value is -1.61. The molecule has 0 aliphatic carbocycles. The molecule has 1 aromatic carbocycles. The van der Waals surface area contributed by atoms with E-state index >= 15 is 0 Å². The van der Waals surface area contributed by atoms with Gasteiger partial charge in [0.05, 0.1) is 11.6 Å². The lowest BCUT2D eigenvalue weighted by atomic mass is 10.2. The van der Waals surface area contributed by atoms with Gasteiger partial charge in [-0.05, 0) is 23.8 Å². The number of hydrogen-bond acceptors (Lipinski definition) is 3. The first-order valence-electron chi connectivity index (χ1n) is 5.01. The molecule has 0 atom stereocenters. The molecular weight excluding hydrogens is 327 g/mol. The lowest BCUT2D eigenvalue weighted by Gasteiger charge is -2.05.